The number of nitrogens with two attached hydrogens (primary N) is 1. The molecule has 152 valence electrons. The topological polar surface area (TPSA) is 98.0 Å². The van der Waals surface area contributed by atoms with Gasteiger partial charge in [0.2, 0.25) is 0 Å². The van der Waals surface area contributed by atoms with Gasteiger partial charge in [0.05, 0.1) is 5.69 Å². The Morgan fingerprint density at radius 1 is 1.19 bits per heavy atom. The van der Waals surface area contributed by atoms with Crippen LogP contribution < -0.4 is 21.1 Å². The predicted octanol–water partition coefficient (Wildman–Crippen LogP) is 3.62. The number of unbranched alkanes of at least 4 members (excludes halogenated alkanes) is 1. The molecule has 0 unspecified atom stereocenters. The van der Waals surface area contributed by atoms with Crippen LogP contribution in [0.4, 0.5) is 23.7 Å². The first-order valence-corrected chi connectivity index (χ1v) is 8.35. The Balaban J connectivity index is 2.37. The van der Waals surface area contributed by atoms with Crippen molar-refractivity contribution >= 4 is 17.7 Å². The third-order valence-corrected chi connectivity index (χ3v) is 2.91. The van der Waals surface area contributed by atoms with Gasteiger partial charge < -0.3 is 25.8 Å². The summed E-state index contributed by atoms with van der Waals surface area (Å²) in [6.07, 6.45) is -4.03. The highest BCUT2D eigenvalue weighted by Crippen LogP contribution is 2.29. The smallest absolute Gasteiger partial charge is 0.444 e. The number of amides is 1. The number of halogens is 3. The van der Waals surface area contributed by atoms with Crippen molar-refractivity contribution in [3.05, 3.63) is 24.3 Å². The molecule has 0 bridgehead atoms. The van der Waals surface area contributed by atoms with Crippen LogP contribution in [0.2, 0.25) is 0 Å². The molecule has 0 aliphatic carbocycles. The van der Waals surface area contributed by atoms with Gasteiger partial charge in [0, 0.05) is 13.1 Å². The zero-order chi connectivity index (χ0) is 20.5. The van der Waals surface area contributed by atoms with Crippen LogP contribution in [0.25, 0.3) is 0 Å². The van der Waals surface area contributed by atoms with Crippen molar-refractivity contribution < 1.29 is 27.4 Å². The molecule has 0 fully saturated rings. The van der Waals surface area contributed by atoms with Gasteiger partial charge in [0.15, 0.2) is 11.7 Å². The van der Waals surface area contributed by atoms with E-state index in [-0.39, 0.29) is 11.6 Å². The van der Waals surface area contributed by atoms with Crippen molar-refractivity contribution in [1.29, 1.82) is 0 Å². The van der Waals surface area contributed by atoms with E-state index in [9.17, 15) is 18.0 Å². The number of carbonyl (C=O) groups excluding carboxylic acids is 1. The minimum Gasteiger partial charge on any atom is -0.444 e. The maximum atomic E-state index is 12.4. The summed E-state index contributed by atoms with van der Waals surface area (Å²) in [6, 6.07) is 5.53. The lowest BCUT2D eigenvalue weighted by Gasteiger charge is -2.19. The van der Waals surface area contributed by atoms with Crippen LogP contribution in [0, 0.1) is 0 Å². The van der Waals surface area contributed by atoms with Gasteiger partial charge in [-0.25, -0.2) is 4.79 Å². The number of alkyl carbamates (subject to hydrolysis) is 1. The van der Waals surface area contributed by atoms with Crippen molar-refractivity contribution in [2.45, 2.75) is 45.6 Å². The molecule has 1 amide bonds. The van der Waals surface area contributed by atoms with Gasteiger partial charge in [-0.05, 0) is 45.7 Å². The fourth-order valence-corrected chi connectivity index (χ4v) is 1.90. The second-order valence-corrected chi connectivity index (χ2v) is 6.57. The third kappa shape index (κ3) is 10.8. The summed E-state index contributed by atoms with van der Waals surface area (Å²) in [5.41, 5.74) is 5.19. The first-order valence-electron chi connectivity index (χ1n) is 8.35. The normalized spacial score (nSPS) is 12.4. The van der Waals surface area contributed by atoms with Crippen molar-refractivity contribution in [2.75, 3.05) is 18.4 Å². The summed E-state index contributed by atoms with van der Waals surface area (Å²) in [4.78, 5) is 15.5. The molecular formula is C17H25F3N4O3. The standard InChI is InChI=1S/C17H25F3N4O3/c1-16(2,3)27-15(25)23-11-7-6-10-22-14(21)24-12-8-4-5-9-13(12)26-17(18,19)20/h4-5,8-9H,6-7,10-11H2,1-3H3,(H,23,25)(H3,21,22,24). The summed E-state index contributed by atoms with van der Waals surface area (Å²) >= 11 is 0. The zero-order valence-corrected chi connectivity index (χ0v) is 15.5. The predicted molar refractivity (Wildman–Crippen MR) is 96.7 cm³/mol. The number of benzene rings is 1. The molecule has 0 aromatic heterocycles. The fourth-order valence-electron chi connectivity index (χ4n) is 1.90. The van der Waals surface area contributed by atoms with E-state index >= 15 is 0 Å². The van der Waals surface area contributed by atoms with Crippen LogP contribution in [-0.4, -0.2) is 37.1 Å². The molecule has 0 saturated carbocycles. The van der Waals surface area contributed by atoms with Gasteiger partial charge in [0.25, 0.3) is 0 Å². The average Bonchev–Trinajstić information content (AvgIpc) is 2.49. The van der Waals surface area contributed by atoms with Crippen molar-refractivity contribution in [3.63, 3.8) is 0 Å². The van der Waals surface area contributed by atoms with Gasteiger partial charge in [-0.1, -0.05) is 12.1 Å². The minimum atomic E-state index is -4.80. The molecular weight excluding hydrogens is 365 g/mol. The van der Waals surface area contributed by atoms with E-state index in [4.69, 9.17) is 10.5 Å². The average molecular weight is 390 g/mol. The maximum absolute atomic E-state index is 12.4. The second-order valence-electron chi connectivity index (χ2n) is 6.57. The minimum absolute atomic E-state index is 0.0340. The van der Waals surface area contributed by atoms with E-state index in [1.165, 1.54) is 18.2 Å². The van der Waals surface area contributed by atoms with Crippen LogP contribution in [0.5, 0.6) is 5.75 Å². The van der Waals surface area contributed by atoms with Gasteiger partial charge in [-0.3, -0.25) is 4.99 Å². The molecule has 4 N–H and O–H groups in total. The Kier molecular flexibility index (Phi) is 8.20. The molecule has 1 aromatic rings. The Morgan fingerprint density at radius 2 is 1.85 bits per heavy atom. The Labute approximate surface area is 156 Å². The number of carbonyl (C=O) groups is 1. The van der Waals surface area contributed by atoms with Gasteiger partial charge in [-0.2, -0.15) is 0 Å². The molecule has 7 nitrogen and oxygen atoms in total. The number of ether oxygens (including phenoxy) is 2. The molecule has 0 aliphatic heterocycles. The van der Waals surface area contributed by atoms with Gasteiger partial charge >= 0.3 is 12.5 Å². The van der Waals surface area contributed by atoms with Crippen LogP contribution in [0.15, 0.2) is 29.3 Å². The van der Waals surface area contributed by atoms with E-state index in [0.717, 1.165) is 0 Å². The molecule has 1 aromatic carbocycles. The molecule has 1 rings (SSSR count). The van der Waals surface area contributed by atoms with E-state index in [1.807, 2.05) is 0 Å². The van der Waals surface area contributed by atoms with Crippen LogP contribution in [-0.2, 0) is 4.74 Å². The first-order chi connectivity index (χ1) is 12.5. The van der Waals surface area contributed by atoms with E-state index in [2.05, 4.69) is 20.4 Å². The van der Waals surface area contributed by atoms with Crippen LogP contribution in [0.3, 0.4) is 0 Å². The third-order valence-electron chi connectivity index (χ3n) is 2.91. The first kappa shape index (κ1) is 22.4. The maximum Gasteiger partial charge on any atom is 0.573 e. The molecule has 0 spiro atoms. The monoisotopic (exact) mass is 390 g/mol. The van der Waals surface area contributed by atoms with Crippen molar-refractivity contribution in [1.82, 2.24) is 5.32 Å². The lowest BCUT2D eigenvalue weighted by molar-refractivity contribution is -0.274. The summed E-state index contributed by atoms with van der Waals surface area (Å²) in [6.45, 7) is 6.08. The van der Waals surface area contributed by atoms with Gasteiger partial charge in [-0.15, -0.1) is 13.2 Å². The molecule has 0 heterocycles. The lowest BCUT2D eigenvalue weighted by Crippen LogP contribution is -2.33. The number of nitrogens with zero attached hydrogens (tertiary/aromatic N) is 1. The molecule has 0 radical (unpaired) electrons. The zero-order valence-electron chi connectivity index (χ0n) is 15.5. The van der Waals surface area contributed by atoms with E-state index < -0.39 is 23.8 Å². The second kappa shape index (κ2) is 9.89. The summed E-state index contributed by atoms with van der Waals surface area (Å²) in [5, 5.41) is 5.20. The number of alkyl halides is 3. The Hall–Kier alpha value is -2.65. The summed E-state index contributed by atoms with van der Waals surface area (Å²) < 4.78 is 46.1. The largest absolute Gasteiger partial charge is 0.573 e. The number of anilines is 1. The van der Waals surface area contributed by atoms with Gasteiger partial charge in [0.1, 0.15) is 5.60 Å². The van der Waals surface area contributed by atoms with Crippen LogP contribution in [0.1, 0.15) is 33.6 Å². The number of hydrogen-bond donors (Lipinski definition) is 3. The van der Waals surface area contributed by atoms with E-state index in [0.29, 0.717) is 25.9 Å². The Morgan fingerprint density at radius 3 is 2.48 bits per heavy atom. The number of guanidine groups is 1. The lowest BCUT2D eigenvalue weighted by atomic mass is 10.2. The summed E-state index contributed by atoms with van der Waals surface area (Å²) in [7, 11) is 0. The number of aliphatic imine (C=N–C) groups is 1. The van der Waals surface area contributed by atoms with E-state index in [1.54, 1.807) is 26.8 Å². The number of rotatable bonds is 7. The molecule has 0 aliphatic rings. The molecule has 0 atom stereocenters. The van der Waals surface area contributed by atoms with Crippen molar-refractivity contribution in [3.8, 4) is 5.75 Å². The Bertz CT molecular complexity index is 643. The SMILES string of the molecule is CC(C)(C)OC(=O)NCCCCN=C(N)Nc1ccccc1OC(F)(F)F. The van der Waals surface area contributed by atoms with Crippen LogP contribution >= 0.6 is 0 Å². The fraction of sp³-hybridized carbons (Fsp3) is 0.529. The highest BCUT2D eigenvalue weighted by Gasteiger charge is 2.32. The number of para-hydroxylation sites is 2. The number of hydrogen-bond acceptors (Lipinski definition) is 4. The molecule has 27 heavy (non-hydrogen) atoms. The number of nitrogens with one attached hydrogen (secondary N) is 2. The molecule has 0 saturated heterocycles. The molecule has 10 heteroatoms. The quantitative estimate of drug-likeness (QED) is 0.375. The summed E-state index contributed by atoms with van der Waals surface area (Å²) in [5.74, 6) is -0.432. The highest BCUT2D eigenvalue weighted by molar-refractivity contribution is 5.93. The van der Waals surface area contributed by atoms with Crippen molar-refractivity contribution in [2.24, 2.45) is 10.7 Å². The highest BCUT2D eigenvalue weighted by atomic mass is 19.4.